The Balaban J connectivity index is 1.69. The second kappa shape index (κ2) is 5.00. The van der Waals surface area contributed by atoms with Gasteiger partial charge >= 0.3 is 0 Å². The van der Waals surface area contributed by atoms with Gasteiger partial charge in [0.2, 0.25) is 0 Å². The molecule has 1 aromatic carbocycles. The maximum Gasteiger partial charge on any atom is 0.119 e. The first kappa shape index (κ1) is 14.1. The average molecular weight is 298 g/mol. The third-order valence-electron chi connectivity index (χ3n) is 6.83. The summed E-state index contributed by atoms with van der Waals surface area (Å²) in [6, 6.07) is 6.71. The van der Waals surface area contributed by atoms with Crippen molar-refractivity contribution in [1.29, 1.82) is 0 Å². The number of hydrogen-bond donors (Lipinski definition) is 1. The van der Waals surface area contributed by atoms with Crippen LogP contribution in [-0.2, 0) is 6.42 Å². The summed E-state index contributed by atoms with van der Waals surface area (Å²) in [5.74, 6) is 8.97. The van der Waals surface area contributed by atoms with Gasteiger partial charge in [0.25, 0.3) is 0 Å². The normalized spacial score (nSPS) is 38.3. The van der Waals surface area contributed by atoms with Crippen LogP contribution in [0.25, 0.3) is 0 Å². The van der Waals surface area contributed by atoms with E-state index in [0.717, 1.165) is 29.9 Å². The van der Waals surface area contributed by atoms with E-state index in [4.69, 9.17) is 10.6 Å². The summed E-state index contributed by atoms with van der Waals surface area (Å²) in [5, 5.41) is 4.15. The van der Waals surface area contributed by atoms with Crippen molar-refractivity contribution in [2.45, 2.75) is 51.4 Å². The first-order valence-corrected chi connectivity index (χ1v) is 8.61. The van der Waals surface area contributed by atoms with Gasteiger partial charge in [0.1, 0.15) is 5.75 Å². The van der Waals surface area contributed by atoms with Gasteiger partial charge in [0, 0.05) is 11.1 Å². The van der Waals surface area contributed by atoms with E-state index in [2.05, 4.69) is 30.2 Å². The highest BCUT2D eigenvalue weighted by Crippen LogP contribution is 2.59. The van der Waals surface area contributed by atoms with Gasteiger partial charge in [-0.05, 0) is 79.5 Å². The zero-order valence-electron chi connectivity index (χ0n) is 13.6. The van der Waals surface area contributed by atoms with Crippen LogP contribution in [0.3, 0.4) is 0 Å². The van der Waals surface area contributed by atoms with E-state index in [1.54, 1.807) is 12.7 Å². The van der Waals surface area contributed by atoms with E-state index in [-0.39, 0.29) is 5.41 Å². The molecule has 2 saturated carbocycles. The maximum atomic E-state index is 5.68. The highest BCUT2D eigenvalue weighted by atomic mass is 16.5. The molecular formula is C19H26N2O. The molecule has 2 fully saturated rings. The molecule has 0 bridgehead atoms. The molecule has 4 unspecified atom stereocenters. The topological polar surface area (TPSA) is 47.6 Å². The number of methoxy groups -OCH3 is 1. The van der Waals surface area contributed by atoms with Gasteiger partial charge in [-0.1, -0.05) is 13.0 Å². The fourth-order valence-corrected chi connectivity index (χ4v) is 5.69. The fourth-order valence-electron chi connectivity index (χ4n) is 5.69. The summed E-state index contributed by atoms with van der Waals surface area (Å²) >= 11 is 0. The molecule has 22 heavy (non-hydrogen) atoms. The van der Waals surface area contributed by atoms with Crippen LogP contribution >= 0.6 is 0 Å². The molecule has 3 heteroatoms. The third kappa shape index (κ3) is 1.84. The molecular weight excluding hydrogens is 272 g/mol. The Labute approximate surface area is 132 Å². The average Bonchev–Trinajstić information content (AvgIpc) is 2.90. The number of aryl methyl sites for hydroxylation is 1. The Bertz CT molecular complexity index is 624. The van der Waals surface area contributed by atoms with Gasteiger partial charge in [-0.3, -0.25) is 0 Å². The first-order valence-electron chi connectivity index (χ1n) is 8.61. The number of nitrogens with two attached hydrogens (primary N) is 1. The summed E-state index contributed by atoms with van der Waals surface area (Å²) in [6.07, 6.45) is 7.39. The van der Waals surface area contributed by atoms with Crippen molar-refractivity contribution in [2.24, 2.45) is 28.2 Å². The molecule has 3 nitrogen and oxygen atoms in total. The zero-order chi connectivity index (χ0) is 15.3. The largest absolute Gasteiger partial charge is 0.497 e. The number of hydrogen-bond acceptors (Lipinski definition) is 3. The van der Waals surface area contributed by atoms with Gasteiger partial charge in [0.05, 0.1) is 7.11 Å². The minimum Gasteiger partial charge on any atom is -0.497 e. The van der Waals surface area contributed by atoms with Gasteiger partial charge < -0.3 is 10.6 Å². The smallest absolute Gasteiger partial charge is 0.119 e. The Morgan fingerprint density at radius 2 is 2.09 bits per heavy atom. The predicted molar refractivity (Wildman–Crippen MR) is 89.2 cm³/mol. The molecule has 0 aliphatic heterocycles. The van der Waals surface area contributed by atoms with E-state index in [9.17, 15) is 0 Å². The molecule has 4 rings (SSSR count). The molecule has 1 aromatic rings. The number of benzene rings is 1. The van der Waals surface area contributed by atoms with Crippen LogP contribution in [0.1, 0.15) is 56.1 Å². The third-order valence-corrected chi connectivity index (χ3v) is 6.83. The quantitative estimate of drug-likeness (QED) is 0.632. The Hall–Kier alpha value is -1.51. The van der Waals surface area contributed by atoms with Crippen LogP contribution in [0.4, 0.5) is 0 Å². The molecule has 3 aliphatic rings. The van der Waals surface area contributed by atoms with Crippen molar-refractivity contribution < 1.29 is 4.74 Å². The molecule has 0 radical (unpaired) electrons. The Kier molecular flexibility index (Phi) is 3.21. The van der Waals surface area contributed by atoms with Crippen molar-refractivity contribution >= 4 is 5.71 Å². The number of hydrazone groups is 1. The molecule has 0 amide bonds. The molecule has 0 saturated heterocycles. The minimum atomic E-state index is 0.264. The molecule has 0 spiro atoms. The van der Waals surface area contributed by atoms with Crippen LogP contribution in [0, 0.1) is 17.3 Å². The standard InChI is InChI=1S/C19H26N2O/c1-19-10-9-15-14-6-4-13(22-2)11-12(14)3-5-16(15)17(19)7-8-18(19)21-20/h4,6,11,15-17H,3,5,7-10,20H2,1-2H3/b21-18-. The SMILES string of the molecule is COc1ccc2c(c1)CCC1C2CCC2(C)/C(=N\N)CCC12. The lowest BCUT2D eigenvalue weighted by Crippen LogP contribution is -2.42. The van der Waals surface area contributed by atoms with Crippen molar-refractivity contribution in [3.8, 4) is 5.75 Å². The van der Waals surface area contributed by atoms with E-state index in [1.807, 2.05) is 0 Å². The van der Waals surface area contributed by atoms with Crippen LogP contribution in [-0.4, -0.2) is 12.8 Å². The molecule has 2 N–H and O–H groups in total. The van der Waals surface area contributed by atoms with Crippen molar-refractivity contribution in [2.75, 3.05) is 7.11 Å². The zero-order valence-corrected chi connectivity index (χ0v) is 13.6. The minimum absolute atomic E-state index is 0.264. The van der Waals surface area contributed by atoms with Gasteiger partial charge in [-0.25, -0.2) is 0 Å². The number of fused-ring (bicyclic) bond motifs is 5. The summed E-state index contributed by atoms with van der Waals surface area (Å²) in [7, 11) is 1.76. The van der Waals surface area contributed by atoms with Gasteiger partial charge in [-0.15, -0.1) is 0 Å². The Morgan fingerprint density at radius 1 is 1.23 bits per heavy atom. The van der Waals surface area contributed by atoms with Crippen LogP contribution in [0.5, 0.6) is 5.75 Å². The van der Waals surface area contributed by atoms with E-state index < -0.39 is 0 Å². The summed E-state index contributed by atoms with van der Waals surface area (Å²) < 4.78 is 5.40. The van der Waals surface area contributed by atoms with Crippen LogP contribution in [0.15, 0.2) is 23.3 Å². The van der Waals surface area contributed by atoms with E-state index in [0.29, 0.717) is 0 Å². The summed E-state index contributed by atoms with van der Waals surface area (Å²) in [5.41, 5.74) is 4.63. The number of nitrogens with zero attached hydrogens (tertiary/aromatic N) is 1. The molecule has 0 aromatic heterocycles. The highest BCUT2D eigenvalue weighted by molar-refractivity contribution is 5.92. The second-order valence-electron chi connectivity index (χ2n) is 7.55. The van der Waals surface area contributed by atoms with E-state index in [1.165, 1.54) is 43.4 Å². The van der Waals surface area contributed by atoms with Crippen molar-refractivity contribution in [3.05, 3.63) is 29.3 Å². The lowest BCUT2D eigenvalue weighted by molar-refractivity contribution is 0.0955. The highest BCUT2D eigenvalue weighted by Gasteiger charge is 2.53. The lowest BCUT2D eigenvalue weighted by atomic mass is 9.55. The Morgan fingerprint density at radius 3 is 2.86 bits per heavy atom. The van der Waals surface area contributed by atoms with Gasteiger partial charge in [-0.2, -0.15) is 5.10 Å². The fraction of sp³-hybridized carbons (Fsp3) is 0.632. The number of rotatable bonds is 1. The predicted octanol–water partition coefficient (Wildman–Crippen LogP) is 3.87. The first-order chi connectivity index (χ1) is 10.7. The van der Waals surface area contributed by atoms with E-state index >= 15 is 0 Å². The van der Waals surface area contributed by atoms with Crippen LogP contribution < -0.4 is 10.6 Å². The van der Waals surface area contributed by atoms with Crippen molar-refractivity contribution in [3.63, 3.8) is 0 Å². The monoisotopic (exact) mass is 298 g/mol. The van der Waals surface area contributed by atoms with Crippen molar-refractivity contribution in [1.82, 2.24) is 0 Å². The molecule has 118 valence electrons. The maximum absolute atomic E-state index is 5.68. The number of ether oxygens (including phenoxy) is 1. The molecule has 3 aliphatic carbocycles. The summed E-state index contributed by atoms with van der Waals surface area (Å²) in [6.45, 7) is 2.41. The summed E-state index contributed by atoms with van der Waals surface area (Å²) in [4.78, 5) is 0. The van der Waals surface area contributed by atoms with Crippen LogP contribution in [0.2, 0.25) is 0 Å². The molecule has 0 heterocycles. The van der Waals surface area contributed by atoms with Gasteiger partial charge in [0.15, 0.2) is 0 Å². The molecule has 4 atom stereocenters. The second-order valence-corrected chi connectivity index (χ2v) is 7.55. The lowest BCUT2D eigenvalue weighted by Gasteiger charge is -2.49.